The molecule has 2 fully saturated rings. The van der Waals surface area contributed by atoms with Crippen LogP contribution in [0.4, 0.5) is 0 Å². The van der Waals surface area contributed by atoms with Gasteiger partial charge in [0, 0.05) is 63.2 Å². The highest BCUT2D eigenvalue weighted by molar-refractivity contribution is 5.23. The van der Waals surface area contributed by atoms with Gasteiger partial charge in [-0.1, -0.05) is 0 Å². The molecule has 1 aliphatic heterocycles. The van der Waals surface area contributed by atoms with E-state index in [9.17, 15) is 0 Å². The lowest BCUT2D eigenvalue weighted by atomic mass is 9.98. The third kappa shape index (κ3) is 3.71. The molecule has 140 valence electrons. The maximum atomic E-state index is 6.12. The van der Waals surface area contributed by atoms with Crippen LogP contribution in [-0.4, -0.2) is 44.0 Å². The van der Waals surface area contributed by atoms with Crippen LogP contribution >= 0.6 is 0 Å². The first kappa shape index (κ1) is 16.5. The molecule has 0 saturated heterocycles. The van der Waals surface area contributed by atoms with Crippen molar-refractivity contribution in [1.29, 1.82) is 0 Å². The minimum atomic E-state index is 0.426. The van der Waals surface area contributed by atoms with Gasteiger partial charge < -0.3 is 9.30 Å². The van der Waals surface area contributed by atoms with E-state index < -0.39 is 0 Å². The zero-order chi connectivity index (χ0) is 17.5. The van der Waals surface area contributed by atoms with Crippen LogP contribution in [0, 0.1) is 11.8 Å². The molecular weight excluding hydrogens is 326 g/mol. The second kappa shape index (κ2) is 6.82. The molecule has 0 N–H and O–H groups in total. The van der Waals surface area contributed by atoms with Crippen molar-refractivity contribution in [2.75, 3.05) is 19.8 Å². The number of hydrogen-bond donors (Lipinski definition) is 0. The molecule has 2 aromatic rings. The highest BCUT2D eigenvalue weighted by Crippen LogP contribution is 2.35. The maximum absolute atomic E-state index is 6.12. The number of fused-ring (bicyclic) bond motifs is 1. The Bertz CT molecular complexity index is 758. The summed E-state index contributed by atoms with van der Waals surface area (Å²) in [4.78, 5) is 7.28. The van der Waals surface area contributed by atoms with E-state index in [0.29, 0.717) is 5.92 Å². The van der Waals surface area contributed by atoms with Gasteiger partial charge in [0.2, 0.25) is 0 Å². The molecule has 0 amide bonds. The number of nitrogens with zero attached hydrogens (tertiary/aromatic N) is 5. The van der Waals surface area contributed by atoms with Gasteiger partial charge in [0.05, 0.1) is 24.8 Å². The fourth-order valence-electron chi connectivity index (χ4n) is 4.15. The summed E-state index contributed by atoms with van der Waals surface area (Å²) in [5, 5.41) is 4.31. The van der Waals surface area contributed by atoms with Gasteiger partial charge in [-0.15, -0.1) is 0 Å². The Balaban J connectivity index is 1.32. The standard InChI is InChI=1S/C20H29N5O/c1-23-7-17(6-22-23)8-24-10-18(13-26-12-16-4-5-16)20-19(11-24)21-14-25(20)9-15-2-3-15/h6-7,14-16,18H,2-5,8-13H2,1H3/t18-/m0/s1. The maximum Gasteiger partial charge on any atom is 0.0952 e. The average Bonchev–Trinajstić information content (AvgIpc) is 3.53. The SMILES string of the molecule is Cn1cc(CN2Cc3ncn(CC4CC4)c3[C@H](COCC3CC3)C2)cn1. The predicted octanol–water partition coefficient (Wildman–Crippen LogP) is 2.55. The number of aromatic nitrogens is 4. The largest absolute Gasteiger partial charge is 0.380 e. The van der Waals surface area contributed by atoms with Gasteiger partial charge in [0.15, 0.2) is 0 Å². The Morgan fingerprint density at radius 2 is 2.00 bits per heavy atom. The normalized spacial score (nSPS) is 23.3. The third-order valence-corrected chi connectivity index (χ3v) is 5.88. The van der Waals surface area contributed by atoms with E-state index in [4.69, 9.17) is 9.72 Å². The quantitative estimate of drug-likeness (QED) is 0.730. The lowest BCUT2D eigenvalue weighted by molar-refractivity contribution is 0.0863. The lowest BCUT2D eigenvalue weighted by Gasteiger charge is -2.33. The highest BCUT2D eigenvalue weighted by atomic mass is 16.5. The molecule has 3 aliphatic rings. The Morgan fingerprint density at radius 3 is 2.73 bits per heavy atom. The minimum absolute atomic E-state index is 0.426. The summed E-state index contributed by atoms with van der Waals surface area (Å²) >= 11 is 0. The zero-order valence-electron chi connectivity index (χ0n) is 15.7. The Morgan fingerprint density at radius 1 is 1.15 bits per heavy atom. The van der Waals surface area contributed by atoms with E-state index in [0.717, 1.165) is 51.2 Å². The topological polar surface area (TPSA) is 48.1 Å². The van der Waals surface area contributed by atoms with Gasteiger partial charge in [-0.25, -0.2) is 4.98 Å². The first-order valence-corrected chi connectivity index (χ1v) is 10.1. The molecule has 0 radical (unpaired) electrons. The fraction of sp³-hybridized carbons (Fsp3) is 0.700. The summed E-state index contributed by atoms with van der Waals surface area (Å²) in [6, 6.07) is 0. The third-order valence-electron chi connectivity index (χ3n) is 5.88. The first-order valence-electron chi connectivity index (χ1n) is 10.1. The smallest absolute Gasteiger partial charge is 0.0952 e. The van der Waals surface area contributed by atoms with E-state index in [-0.39, 0.29) is 0 Å². The van der Waals surface area contributed by atoms with Gasteiger partial charge in [0.1, 0.15) is 0 Å². The summed E-state index contributed by atoms with van der Waals surface area (Å²) in [5.41, 5.74) is 3.96. The Hall–Kier alpha value is -1.66. The molecule has 6 nitrogen and oxygen atoms in total. The number of imidazole rings is 1. The van der Waals surface area contributed by atoms with Crippen molar-refractivity contribution in [2.24, 2.45) is 18.9 Å². The van der Waals surface area contributed by atoms with Crippen LogP contribution in [0.5, 0.6) is 0 Å². The van der Waals surface area contributed by atoms with E-state index in [1.54, 1.807) is 0 Å². The van der Waals surface area contributed by atoms with Crippen LogP contribution in [0.25, 0.3) is 0 Å². The van der Waals surface area contributed by atoms with Crippen molar-refractivity contribution in [3.63, 3.8) is 0 Å². The van der Waals surface area contributed by atoms with E-state index in [1.807, 2.05) is 17.9 Å². The Labute approximate surface area is 155 Å². The van der Waals surface area contributed by atoms with Gasteiger partial charge in [-0.2, -0.15) is 5.10 Å². The zero-order valence-corrected chi connectivity index (χ0v) is 15.7. The first-order chi connectivity index (χ1) is 12.7. The molecule has 6 heteroatoms. The molecular formula is C20H29N5O. The molecule has 1 atom stereocenters. The van der Waals surface area contributed by atoms with Crippen molar-refractivity contribution in [3.05, 3.63) is 35.7 Å². The van der Waals surface area contributed by atoms with Crippen molar-refractivity contribution in [3.8, 4) is 0 Å². The van der Waals surface area contributed by atoms with Crippen molar-refractivity contribution >= 4 is 0 Å². The summed E-state index contributed by atoms with van der Waals surface area (Å²) in [6.45, 7) is 5.81. The second-order valence-corrected chi connectivity index (χ2v) is 8.54. The van der Waals surface area contributed by atoms with Crippen LogP contribution in [0.1, 0.15) is 48.6 Å². The monoisotopic (exact) mass is 355 g/mol. The van der Waals surface area contributed by atoms with Crippen molar-refractivity contribution in [2.45, 2.75) is 51.2 Å². The second-order valence-electron chi connectivity index (χ2n) is 8.54. The van der Waals surface area contributed by atoms with Gasteiger partial charge in [0.25, 0.3) is 0 Å². The predicted molar refractivity (Wildman–Crippen MR) is 98.6 cm³/mol. The number of ether oxygens (including phenoxy) is 1. The van der Waals surface area contributed by atoms with Crippen LogP contribution in [-0.2, 0) is 31.4 Å². The summed E-state index contributed by atoms with van der Waals surface area (Å²) in [5.74, 6) is 2.12. The highest BCUT2D eigenvalue weighted by Gasteiger charge is 2.32. The van der Waals surface area contributed by atoms with E-state index >= 15 is 0 Å². The molecule has 5 rings (SSSR count). The molecule has 0 unspecified atom stereocenters. The molecule has 0 aromatic carbocycles. The fourth-order valence-corrected chi connectivity index (χ4v) is 4.15. The van der Waals surface area contributed by atoms with E-state index in [1.165, 1.54) is 42.6 Å². The summed E-state index contributed by atoms with van der Waals surface area (Å²) in [6.07, 6.45) is 11.6. The number of rotatable bonds is 8. The molecule has 26 heavy (non-hydrogen) atoms. The number of aryl methyl sites for hydroxylation is 1. The van der Waals surface area contributed by atoms with Gasteiger partial charge >= 0.3 is 0 Å². The molecule has 2 aliphatic carbocycles. The number of hydrogen-bond acceptors (Lipinski definition) is 4. The summed E-state index contributed by atoms with van der Waals surface area (Å²) < 4.78 is 10.4. The average molecular weight is 355 g/mol. The van der Waals surface area contributed by atoms with Crippen LogP contribution in [0.15, 0.2) is 18.7 Å². The molecule has 0 spiro atoms. The molecule has 0 bridgehead atoms. The van der Waals surface area contributed by atoms with Crippen LogP contribution < -0.4 is 0 Å². The minimum Gasteiger partial charge on any atom is -0.380 e. The molecule has 2 saturated carbocycles. The van der Waals surface area contributed by atoms with Crippen LogP contribution in [0.3, 0.4) is 0 Å². The van der Waals surface area contributed by atoms with Gasteiger partial charge in [-0.3, -0.25) is 9.58 Å². The molecule has 2 aromatic heterocycles. The van der Waals surface area contributed by atoms with Crippen molar-refractivity contribution < 1.29 is 4.74 Å². The lowest BCUT2D eigenvalue weighted by Crippen LogP contribution is -2.36. The van der Waals surface area contributed by atoms with Crippen molar-refractivity contribution in [1.82, 2.24) is 24.2 Å². The van der Waals surface area contributed by atoms with Crippen LogP contribution in [0.2, 0.25) is 0 Å². The molecule has 3 heterocycles. The van der Waals surface area contributed by atoms with Gasteiger partial charge in [-0.05, 0) is 37.5 Å². The summed E-state index contributed by atoms with van der Waals surface area (Å²) in [7, 11) is 1.98. The van der Waals surface area contributed by atoms with E-state index in [2.05, 4.69) is 27.1 Å². The Kier molecular flexibility index (Phi) is 4.33.